The lowest BCUT2D eigenvalue weighted by Gasteiger charge is -2.14. The average Bonchev–Trinajstić information content (AvgIpc) is 3.03. The molecule has 1 atom stereocenters. The fraction of sp³-hybridized carbons (Fsp3) is 0.400. The Kier molecular flexibility index (Phi) is 3.96. The van der Waals surface area contributed by atoms with E-state index >= 15 is 0 Å². The number of hydrogen-bond acceptors (Lipinski definition) is 4. The van der Waals surface area contributed by atoms with Crippen LogP contribution in [0.1, 0.15) is 34.0 Å². The van der Waals surface area contributed by atoms with E-state index in [0.29, 0.717) is 0 Å². The van der Waals surface area contributed by atoms with Gasteiger partial charge in [0.25, 0.3) is 0 Å². The first-order valence-electron chi connectivity index (χ1n) is 6.73. The number of rotatable bonds is 4. The summed E-state index contributed by atoms with van der Waals surface area (Å²) in [6, 6.07) is 4.21. The molecule has 0 spiro atoms. The van der Waals surface area contributed by atoms with Crippen molar-refractivity contribution in [2.45, 2.75) is 32.9 Å². The van der Waals surface area contributed by atoms with E-state index in [1.807, 2.05) is 18.3 Å². The molecule has 1 aliphatic rings. The Morgan fingerprint density at radius 3 is 3.10 bits per heavy atom. The number of aromatic nitrogens is 1. The molecule has 1 aromatic heterocycles. The standard InChI is InChI=1S/C15H17ClN2OS/c1-9-7-18-15(20-9)10(2)17-8-12-6-13(16)5-11-3-4-19-14(11)12/h5-7,10,17H,3-4,8H2,1-2H3. The summed E-state index contributed by atoms with van der Waals surface area (Å²) in [5, 5.41) is 5.39. The summed E-state index contributed by atoms with van der Waals surface area (Å²) < 4.78 is 5.72. The van der Waals surface area contributed by atoms with Crippen LogP contribution in [0.2, 0.25) is 5.02 Å². The van der Waals surface area contributed by atoms with Crippen LogP contribution in [-0.4, -0.2) is 11.6 Å². The number of hydrogen-bond donors (Lipinski definition) is 1. The number of aryl methyl sites for hydroxylation is 1. The molecule has 0 amide bonds. The lowest BCUT2D eigenvalue weighted by atomic mass is 10.1. The molecule has 1 N–H and O–H groups in total. The second kappa shape index (κ2) is 5.72. The van der Waals surface area contributed by atoms with Crippen molar-refractivity contribution in [3.8, 4) is 5.75 Å². The van der Waals surface area contributed by atoms with Gasteiger partial charge in [0.05, 0.1) is 12.6 Å². The maximum absolute atomic E-state index is 6.17. The number of halogens is 1. The SMILES string of the molecule is Cc1cnc(C(C)NCc2cc(Cl)cc3c2OCC3)s1. The molecule has 5 heteroatoms. The molecule has 0 fully saturated rings. The highest BCUT2D eigenvalue weighted by molar-refractivity contribution is 7.11. The second-order valence-electron chi connectivity index (χ2n) is 5.06. The molecule has 0 saturated carbocycles. The highest BCUT2D eigenvalue weighted by Gasteiger charge is 2.18. The lowest BCUT2D eigenvalue weighted by molar-refractivity contribution is 0.351. The minimum absolute atomic E-state index is 0.227. The van der Waals surface area contributed by atoms with Crippen molar-refractivity contribution in [3.63, 3.8) is 0 Å². The van der Waals surface area contributed by atoms with E-state index in [2.05, 4.69) is 24.1 Å². The molecule has 20 heavy (non-hydrogen) atoms. The van der Waals surface area contributed by atoms with E-state index in [0.717, 1.165) is 40.9 Å². The Bertz CT molecular complexity index is 626. The molecule has 2 aromatic rings. The van der Waals surface area contributed by atoms with Gasteiger partial charge < -0.3 is 10.1 Å². The van der Waals surface area contributed by atoms with Crippen LogP contribution in [0.25, 0.3) is 0 Å². The Morgan fingerprint density at radius 1 is 1.50 bits per heavy atom. The van der Waals surface area contributed by atoms with Crippen LogP contribution in [0.4, 0.5) is 0 Å². The van der Waals surface area contributed by atoms with Crippen LogP contribution < -0.4 is 10.1 Å². The van der Waals surface area contributed by atoms with Crippen molar-refractivity contribution < 1.29 is 4.74 Å². The minimum Gasteiger partial charge on any atom is -0.493 e. The molecule has 1 aliphatic heterocycles. The van der Waals surface area contributed by atoms with Crippen molar-refractivity contribution in [1.29, 1.82) is 0 Å². The first-order chi connectivity index (χ1) is 9.63. The Morgan fingerprint density at radius 2 is 2.35 bits per heavy atom. The first kappa shape index (κ1) is 13.9. The monoisotopic (exact) mass is 308 g/mol. The number of thiazole rings is 1. The van der Waals surface area contributed by atoms with Crippen LogP contribution in [0.5, 0.6) is 5.75 Å². The molecule has 2 heterocycles. The summed E-state index contributed by atoms with van der Waals surface area (Å²) in [7, 11) is 0. The van der Waals surface area contributed by atoms with E-state index in [-0.39, 0.29) is 6.04 Å². The Hall–Kier alpha value is -1.10. The highest BCUT2D eigenvalue weighted by atomic mass is 35.5. The predicted molar refractivity (Wildman–Crippen MR) is 82.8 cm³/mol. The van der Waals surface area contributed by atoms with Gasteiger partial charge in [-0.15, -0.1) is 11.3 Å². The van der Waals surface area contributed by atoms with Crippen LogP contribution in [0.3, 0.4) is 0 Å². The number of nitrogens with one attached hydrogen (secondary N) is 1. The molecule has 3 rings (SSSR count). The third-order valence-corrected chi connectivity index (χ3v) is 4.75. The smallest absolute Gasteiger partial charge is 0.127 e. The second-order valence-corrected chi connectivity index (χ2v) is 6.77. The minimum atomic E-state index is 0.227. The predicted octanol–water partition coefficient (Wildman–Crippen LogP) is 3.89. The lowest BCUT2D eigenvalue weighted by Crippen LogP contribution is -2.18. The summed E-state index contributed by atoms with van der Waals surface area (Å²) in [6.45, 7) is 5.70. The van der Waals surface area contributed by atoms with Gasteiger partial charge in [-0.25, -0.2) is 4.98 Å². The summed E-state index contributed by atoms with van der Waals surface area (Å²) >= 11 is 7.90. The Labute approximate surface area is 127 Å². The number of nitrogens with zero attached hydrogens (tertiary/aromatic N) is 1. The van der Waals surface area contributed by atoms with E-state index in [4.69, 9.17) is 16.3 Å². The third kappa shape index (κ3) is 2.82. The van der Waals surface area contributed by atoms with Crippen LogP contribution in [0, 0.1) is 6.92 Å². The van der Waals surface area contributed by atoms with Gasteiger partial charge in [0.1, 0.15) is 10.8 Å². The van der Waals surface area contributed by atoms with Gasteiger partial charge in [0.2, 0.25) is 0 Å². The number of benzene rings is 1. The van der Waals surface area contributed by atoms with E-state index in [1.165, 1.54) is 10.4 Å². The maximum Gasteiger partial charge on any atom is 0.127 e. The fourth-order valence-corrected chi connectivity index (χ4v) is 3.46. The van der Waals surface area contributed by atoms with Crippen molar-refractivity contribution in [2.24, 2.45) is 0 Å². The zero-order valence-corrected chi connectivity index (χ0v) is 13.1. The largest absolute Gasteiger partial charge is 0.493 e. The quantitative estimate of drug-likeness (QED) is 0.930. The van der Waals surface area contributed by atoms with Gasteiger partial charge in [-0.3, -0.25) is 0 Å². The molecular formula is C15H17ClN2OS. The van der Waals surface area contributed by atoms with Gasteiger partial charge in [0, 0.05) is 34.6 Å². The topological polar surface area (TPSA) is 34.2 Å². The molecule has 0 bridgehead atoms. The highest BCUT2D eigenvalue weighted by Crippen LogP contribution is 2.33. The van der Waals surface area contributed by atoms with E-state index in [9.17, 15) is 0 Å². The Balaban J connectivity index is 1.73. The normalized spacial score (nSPS) is 14.9. The zero-order chi connectivity index (χ0) is 14.1. The molecule has 106 valence electrons. The summed E-state index contributed by atoms with van der Waals surface area (Å²) in [4.78, 5) is 5.65. The fourth-order valence-electron chi connectivity index (χ4n) is 2.40. The van der Waals surface area contributed by atoms with Crippen LogP contribution >= 0.6 is 22.9 Å². The number of ether oxygens (including phenoxy) is 1. The molecule has 0 saturated heterocycles. The summed E-state index contributed by atoms with van der Waals surface area (Å²) in [6.07, 6.45) is 2.86. The molecule has 1 aromatic carbocycles. The zero-order valence-electron chi connectivity index (χ0n) is 11.6. The van der Waals surface area contributed by atoms with Crippen molar-refractivity contribution in [1.82, 2.24) is 10.3 Å². The van der Waals surface area contributed by atoms with Gasteiger partial charge in [-0.1, -0.05) is 11.6 Å². The van der Waals surface area contributed by atoms with Gasteiger partial charge >= 0.3 is 0 Å². The van der Waals surface area contributed by atoms with Crippen molar-refractivity contribution in [3.05, 3.63) is 44.4 Å². The molecular weight excluding hydrogens is 292 g/mol. The third-order valence-electron chi connectivity index (χ3n) is 3.43. The number of fused-ring (bicyclic) bond motifs is 1. The molecule has 3 nitrogen and oxygen atoms in total. The molecule has 1 unspecified atom stereocenters. The molecule has 0 radical (unpaired) electrons. The van der Waals surface area contributed by atoms with Gasteiger partial charge in [-0.05, 0) is 31.5 Å². The summed E-state index contributed by atoms with van der Waals surface area (Å²) in [5.41, 5.74) is 2.34. The van der Waals surface area contributed by atoms with Crippen molar-refractivity contribution >= 4 is 22.9 Å². The van der Waals surface area contributed by atoms with Gasteiger partial charge in [-0.2, -0.15) is 0 Å². The maximum atomic E-state index is 6.17. The summed E-state index contributed by atoms with van der Waals surface area (Å²) in [5.74, 6) is 1.00. The van der Waals surface area contributed by atoms with Crippen LogP contribution in [0.15, 0.2) is 18.3 Å². The van der Waals surface area contributed by atoms with E-state index in [1.54, 1.807) is 11.3 Å². The van der Waals surface area contributed by atoms with E-state index < -0.39 is 0 Å². The molecule has 0 aliphatic carbocycles. The average molecular weight is 309 g/mol. The van der Waals surface area contributed by atoms with Gasteiger partial charge in [0.15, 0.2) is 0 Å². The van der Waals surface area contributed by atoms with Crippen molar-refractivity contribution in [2.75, 3.05) is 6.61 Å². The first-order valence-corrected chi connectivity index (χ1v) is 7.93. The van der Waals surface area contributed by atoms with Crippen LogP contribution in [-0.2, 0) is 13.0 Å².